The molecule has 4 nitrogen and oxygen atoms in total. The summed E-state index contributed by atoms with van der Waals surface area (Å²) >= 11 is 5.08. The maximum absolute atomic E-state index is 5.75. The molecule has 0 saturated carbocycles. The van der Waals surface area contributed by atoms with Crippen LogP contribution in [0.25, 0.3) is 0 Å². The third-order valence-electron chi connectivity index (χ3n) is 4.12. The van der Waals surface area contributed by atoms with Gasteiger partial charge in [-0.05, 0) is 45.1 Å². The summed E-state index contributed by atoms with van der Waals surface area (Å²) < 4.78 is 5.49. The summed E-state index contributed by atoms with van der Waals surface area (Å²) in [5, 5.41) is 0. The zero-order valence-corrected chi connectivity index (χ0v) is 13.9. The van der Waals surface area contributed by atoms with E-state index in [0.29, 0.717) is 11.0 Å². The van der Waals surface area contributed by atoms with Gasteiger partial charge >= 0.3 is 0 Å². The molecule has 1 aromatic carbocycles. The van der Waals surface area contributed by atoms with Gasteiger partial charge in [-0.1, -0.05) is 12.2 Å². The van der Waals surface area contributed by atoms with Crippen LogP contribution in [0.15, 0.2) is 18.2 Å². The Balaban J connectivity index is 2.20. The topological polar surface area (TPSA) is 41.7 Å². The summed E-state index contributed by atoms with van der Waals surface area (Å²) in [6, 6.07) is 6.46. The Morgan fingerprint density at radius 1 is 1.43 bits per heavy atom. The molecular formula is C16H25N3OS. The molecule has 1 fully saturated rings. The van der Waals surface area contributed by atoms with E-state index in [1.165, 1.54) is 6.42 Å². The second-order valence-electron chi connectivity index (χ2n) is 5.83. The van der Waals surface area contributed by atoms with Gasteiger partial charge in [0.15, 0.2) is 0 Å². The van der Waals surface area contributed by atoms with Gasteiger partial charge in [0.2, 0.25) is 0 Å². The quantitative estimate of drug-likeness (QED) is 0.860. The van der Waals surface area contributed by atoms with E-state index in [0.717, 1.165) is 43.1 Å². The molecule has 1 atom stereocenters. The smallest absolute Gasteiger partial charge is 0.123 e. The Morgan fingerprint density at radius 2 is 2.19 bits per heavy atom. The Labute approximate surface area is 132 Å². The summed E-state index contributed by atoms with van der Waals surface area (Å²) in [6.07, 6.45) is 1.19. The zero-order chi connectivity index (χ0) is 15.4. The van der Waals surface area contributed by atoms with Crippen molar-refractivity contribution in [3.8, 4) is 5.75 Å². The number of nitrogens with two attached hydrogens (primary N) is 1. The van der Waals surface area contributed by atoms with Crippen LogP contribution in [0.1, 0.15) is 24.5 Å². The van der Waals surface area contributed by atoms with E-state index in [-0.39, 0.29) is 0 Å². The molecule has 0 spiro atoms. The number of benzene rings is 1. The normalized spacial score (nSPS) is 21.0. The van der Waals surface area contributed by atoms with Crippen molar-refractivity contribution in [2.45, 2.75) is 25.9 Å². The highest BCUT2D eigenvalue weighted by Crippen LogP contribution is 2.23. The van der Waals surface area contributed by atoms with Gasteiger partial charge in [0.25, 0.3) is 0 Å². The van der Waals surface area contributed by atoms with Crippen LogP contribution in [0.3, 0.4) is 0 Å². The lowest BCUT2D eigenvalue weighted by atomic mass is 10.1. The number of likely N-dealkylation sites (N-methyl/N-ethyl adjacent to an activating group) is 1. The van der Waals surface area contributed by atoms with Gasteiger partial charge in [-0.3, -0.25) is 4.90 Å². The molecule has 1 saturated heterocycles. The van der Waals surface area contributed by atoms with E-state index in [4.69, 9.17) is 22.7 Å². The minimum atomic E-state index is 0.433. The predicted octanol–water partition coefficient (Wildman–Crippen LogP) is 1.86. The van der Waals surface area contributed by atoms with Crippen molar-refractivity contribution < 1.29 is 4.74 Å². The van der Waals surface area contributed by atoms with Gasteiger partial charge in [0, 0.05) is 36.8 Å². The largest absolute Gasteiger partial charge is 0.496 e. The molecule has 0 radical (unpaired) electrons. The van der Waals surface area contributed by atoms with Gasteiger partial charge < -0.3 is 15.4 Å². The lowest BCUT2D eigenvalue weighted by Gasteiger charge is -2.28. The van der Waals surface area contributed by atoms with Gasteiger partial charge in [0.05, 0.1) is 7.11 Å². The number of nitrogens with zero attached hydrogens (tertiary/aromatic N) is 2. The Hall–Kier alpha value is -1.17. The van der Waals surface area contributed by atoms with Crippen molar-refractivity contribution in [3.05, 3.63) is 29.3 Å². The molecular weight excluding hydrogens is 282 g/mol. The first kappa shape index (κ1) is 16.2. The second-order valence-corrected chi connectivity index (χ2v) is 6.27. The monoisotopic (exact) mass is 307 g/mol. The summed E-state index contributed by atoms with van der Waals surface area (Å²) in [6.45, 7) is 6.51. The molecule has 116 valence electrons. The molecule has 1 heterocycles. The van der Waals surface area contributed by atoms with Gasteiger partial charge in [-0.15, -0.1) is 0 Å². The third kappa shape index (κ3) is 4.15. The molecule has 0 amide bonds. The Bertz CT molecular complexity index is 506. The molecule has 0 aliphatic carbocycles. The third-order valence-corrected chi connectivity index (χ3v) is 4.36. The molecule has 1 aliphatic heterocycles. The van der Waals surface area contributed by atoms with Crippen LogP contribution >= 0.6 is 12.2 Å². The molecule has 0 aromatic heterocycles. The summed E-state index contributed by atoms with van der Waals surface area (Å²) in [5.41, 5.74) is 7.80. The number of methoxy groups -OCH3 is 1. The average molecular weight is 307 g/mol. The molecule has 5 heteroatoms. The van der Waals surface area contributed by atoms with Gasteiger partial charge in [0.1, 0.15) is 10.7 Å². The maximum atomic E-state index is 5.75. The first-order chi connectivity index (χ1) is 10.0. The van der Waals surface area contributed by atoms with E-state index in [2.05, 4.69) is 29.8 Å². The first-order valence-electron chi connectivity index (χ1n) is 7.40. The zero-order valence-electron chi connectivity index (χ0n) is 13.1. The van der Waals surface area contributed by atoms with Crippen LogP contribution in [0.2, 0.25) is 0 Å². The van der Waals surface area contributed by atoms with E-state index in [1.807, 2.05) is 12.1 Å². The number of hydrogen-bond donors (Lipinski definition) is 1. The highest BCUT2D eigenvalue weighted by atomic mass is 32.1. The lowest BCUT2D eigenvalue weighted by molar-refractivity contribution is 0.192. The second kappa shape index (κ2) is 7.20. The van der Waals surface area contributed by atoms with E-state index in [1.54, 1.807) is 7.11 Å². The highest BCUT2D eigenvalue weighted by molar-refractivity contribution is 7.80. The first-order valence-corrected chi connectivity index (χ1v) is 7.81. The number of rotatable bonds is 4. The SMILES string of the molecule is COc1ccc(C(N)=S)cc1CN1CCCN(C)CC1C. The van der Waals surface area contributed by atoms with E-state index < -0.39 is 0 Å². The number of ether oxygens (including phenoxy) is 1. The molecule has 1 aromatic rings. The molecule has 1 unspecified atom stereocenters. The van der Waals surface area contributed by atoms with Crippen LogP contribution in [0, 0.1) is 0 Å². The van der Waals surface area contributed by atoms with Crippen molar-refractivity contribution in [1.82, 2.24) is 9.80 Å². The van der Waals surface area contributed by atoms with Crippen LogP contribution < -0.4 is 10.5 Å². The minimum Gasteiger partial charge on any atom is -0.496 e. The van der Waals surface area contributed by atoms with Crippen molar-refractivity contribution >= 4 is 17.2 Å². The lowest BCUT2D eigenvalue weighted by Crippen LogP contribution is -2.37. The number of thiocarbonyl (C=S) groups is 1. The average Bonchev–Trinajstić information content (AvgIpc) is 2.60. The summed E-state index contributed by atoms with van der Waals surface area (Å²) in [5.74, 6) is 0.903. The molecule has 1 aliphatic rings. The molecule has 2 N–H and O–H groups in total. The minimum absolute atomic E-state index is 0.433. The predicted molar refractivity (Wildman–Crippen MR) is 90.9 cm³/mol. The van der Waals surface area contributed by atoms with E-state index in [9.17, 15) is 0 Å². The number of hydrogen-bond acceptors (Lipinski definition) is 4. The van der Waals surface area contributed by atoms with E-state index >= 15 is 0 Å². The van der Waals surface area contributed by atoms with Crippen molar-refractivity contribution in [2.24, 2.45) is 5.73 Å². The van der Waals surface area contributed by atoms with Crippen LogP contribution in [-0.4, -0.2) is 54.6 Å². The highest BCUT2D eigenvalue weighted by Gasteiger charge is 2.21. The maximum Gasteiger partial charge on any atom is 0.123 e. The molecule has 21 heavy (non-hydrogen) atoms. The van der Waals surface area contributed by atoms with Crippen molar-refractivity contribution in [3.63, 3.8) is 0 Å². The van der Waals surface area contributed by atoms with Crippen molar-refractivity contribution in [1.29, 1.82) is 0 Å². The van der Waals surface area contributed by atoms with Gasteiger partial charge in [-0.25, -0.2) is 0 Å². The molecule has 0 bridgehead atoms. The van der Waals surface area contributed by atoms with Crippen molar-refractivity contribution in [2.75, 3.05) is 33.8 Å². The van der Waals surface area contributed by atoms with Crippen LogP contribution in [0.4, 0.5) is 0 Å². The Kier molecular flexibility index (Phi) is 5.56. The molecule has 2 rings (SSSR count). The fourth-order valence-corrected chi connectivity index (χ4v) is 3.06. The van der Waals surface area contributed by atoms with Gasteiger partial charge in [-0.2, -0.15) is 0 Å². The fourth-order valence-electron chi connectivity index (χ4n) is 2.93. The standard InChI is InChI=1S/C16H25N3OS/c1-12-10-18(2)7-4-8-19(12)11-14-9-13(16(17)21)5-6-15(14)20-3/h5-6,9,12H,4,7-8,10-11H2,1-3H3,(H2,17,21). The van der Waals surface area contributed by atoms with Crippen LogP contribution in [-0.2, 0) is 6.54 Å². The van der Waals surface area contributed by atoms with Crippen LogP contribution in [0.5, 0.6) is 5.75 Å². The summed E-state index contributed by atoms with van der Waals surface area (Å²) in [4.78, 5) is 5.33. The fraction of sp³-hybridized carbons (Fsp3) is 0.562. The summed E-state index contributed by atoms with van der Waals surface area (Å²) in [7, 11) is 3.90. The Morgan fingerprint density at radius 3 is 2.86 bits per heavy atom.